The highest BCUT2D eigenvalue weighted by molar-refractivity contribution is 7.90. The molecule has 21 heavy (non-hydrogen) atoms. The molecule has 0 spiro atoms. The first-order chi connectivity index (χ1) is 9.89. The summed E-state index contributed by atoms with van der Waals surface area (Å²) in [6.45, 7) is 2.12. The first kappa shape index (κ1) is 15.7. The van der Waals surface area contributed by atoms with Gasteiger partial charge in [0.25, 0.3) is 0 Å². The molecule has 0 radical (unpaired) electrons. The maximum Gasteiger partial charge on any atom is 0.147 e. The molecule has 3 N–H and O–H groups in total. The van der Waals surface area contributed by atoms with Gasteiger partial charge < -0.3 is 10.7 Å². The average Bonchev–Trinajstić information content (AvgIpc) is 2.94. The predicted molar refractivity (Wildman–Crippen MR) is 84.7 cm³/mol. The van der Waals surface area contributed by atoms with Crippen LogP contribution in [0.1, 0.15) is 30.8 Å². The maximum atomic E-state index is 11.2. The van der Waals surface area contributed by atoms with Gasteiger partial charge in [0, 0.05) is 6.26 Å². The van der Waals surface area contributed by atoms with E-state index in [-0.39, 0.29) is 5.75 Å². The van der Waals surface area contributed by atoms with E-state index in [1.54, 1.807) is 6.20 Å². The van der Waals surface area contributed by atoms with Crippen molar-refractivity contribution in [2.75, 3.05) is 12.0 Å². The third kappa shape index (κ3) is 4.41. The van der Waals surface area contributed by atoms with Gasteiger partial charge in [-0.15, -0.1) is 0 Å². The lowest BCUT2D eigenvalue weighted by atomic mass is 10.1. The zero-order valence-corrected chi connectivity index (χ0v) is 13.2. The van der Waals surface area contributed by atoms with Gasteiger partial charge >= 0.3 is 0 Å². The third-order valence-corrected chi connectivity index (χ3v) is 4.40. The summed E-state index contributed by atoms with van der Waals surface area (Å²) < 4.78 is 22.3. The molecule has 2 aromatic rings. The molecule has 1 atom stereocenters. The SMILES string of the molecule is CCc1ccc(-c2cnc(C(N)CCS(C)(=O)=O)[nH]2)cc1. The van der Waals surface area contributed by atoms with Gasteiger partial charge in [-0.3, -0.25) is 0 Å². The number of H-pyrrole nitrogens is 1. The molecular weight excluding hydrogens is 286 g/mol. The summed E-state index contributed by atoms with van der Waals surface area (Å²) in [7, 11) is -3.00. The normalized spacial score (nSPS) is 13.3. The van der Waals surface area contributed by atoms with Crippen molar-refractivity contribution in [2.45, 2.75) is 25.8 Å². The van der Waals surface area contributed by atoms with Crippen LogP contribution in [0.15, 0.2) is 30.5 Å². The molecule has 2 rings (SSSR count). The lowest BCUT2D eigenvalue weighted by Gasteiger charge is -2.07. The number of aryl methyl sites for hydroxylation is 1. The minimum absolute atomic E-state index is 0.0649. The molecule has 1 unspecified atom stereocenters. The number of hydrogen-bond acceptors (Lipinski definition) is 4. The van der Waals surface area contributed by atoms with Crippen molar-refractivity contribution in [3.63, 3.8) is 0 Å². The number of nitrogens with one attached hydrogen (secondary N) is 1. The Morgan fingerprint density at radius 2 is 1.95 bits per heavy atom. The molecule has 1 aromatic carbocycles. The average molecular weight is 307 g/mol. The van der Waals surface area contributed by atoms with Crippen LogP contribution in [0.5, 0.6) is 0 Å². The Labute approximate surface area is 125 Å². The molecule has 0 aliphatic carbocycles. The molecule has 0 aliphatic rings. The molecule has 6 heteroatoms. The molecule has 0 saturated carbocycles. The second-order valence-electron chi connectivity index (χ2n) is 5.26. The molecular formula is C15H21N3O2S. The van der Waals surface area contributed by atoms with Gasteiger partial charge in [0.05, 0.1) is 23.7 Å². The van der Waals surface area contributed by atoms with Gasteiger partial charge in [-0.05, 0) is 24.0 Å². The fourth-order valence-corrected chi connectivity index (χ4v) is 2.75. The summed E-state index contributed by atoms with van der Waals surface area (Å²) in [6, 6.07) is 7.85. The van der Waals surface area contributed by atoms with Crippen LogP contribution in [0.25, 0.3) is 11.3 Å². The van der Waals surface area contributed by atoms with Gasteiger partial charge in [0.1, 0.15) is 15.7 Å². The monoisotopic (exact) mass is 307 g/mol. The van der Waals surface area contributed by atoms with Crippen molar-refractivity contribution in [1.29, 1.82) is 0 Å². The Morgan fingerprint density at radius 3 is 2.52 bits per heavy atom. The lowest BCUT2D eigenvalue weighted by Crippen LogP contribution is -2.16. The van der Waals surface area contributed by atoms with E-state index >= 15 is 0 Å². The summed E-state index contributed by atoms with van der Waals surface area (Å²) in [4.78, 5) is 7.43. The Bertz CT molecular complexity index is 690. The van der Waals surface area contributed by atoms with Crippen molar-refractivity contribution >= 4 is 9.84 Å². The van der Waals surface area contributed by atoms with E-state index in [2.05, 4.69) is 29.0 Å². The molecule has 1 aromatic heterocycles. The van der Waals surface area contributed by atoms with Gasteiger partial charge in [0.15, 0.2) is 0 Å². The molecule has 0 bridgehead atoms. The first-order valence-corrected chi connectivity index (χ1v) is 9.02. The standard InChI is InChI=1S/C15H21N3O2S/c1-3-11-4-6-12(7-5-11)14-10-17-15(18-14)13(16)8-9-21(2,19)20/h4-7,10,13H,3,8-9,16H2,1-2H3,(H,17,18). The number of aromatic amines is 1. The second kappa shape index (κ2) is 6.41. The number of benzene rings is 1. The van der Waals surface area contributed by atoms with Gasteiger partial charge in [-0.25, -0.2) is 13.4 Å². The van der Waals surface area contributed by atoms with E-state index in [9.17, 15) is 8.42 Å². The quantitative estimate of drug-likeness (QED) is 0.855. The van der Waals surface area contributed by atoms with Crippen LogP contribution in [-0.4, -0.2) is 30.4 Å². The summed E-state index contributed by atoms with van der Waals surface area (Å²) in [5.41, 5.74) is 9.20. The van der Waals surface area contributed by atoms with Gasteiger partial charge in [-0.2, -0.15) is 0 Å². The van der Waals surface area contributed by atoms with Crippen LogP contribution >= 0.6 is 0 Å². The van der Waals surface area contributed by atoms with E-state index in [1.165, 1.54) is 11.8 Å². The van der Waals surface area contributed by atoms with Crippen LogP contribution in [0.4, 0.5) is 0 Å². The number of hydrogen-bond donors (Lipinski definition) is 2. The van der Waals surface area contributed by atoms with E-state index in [0.717, 1.165) is 17.7 Å². The van der Waals surface area contributed by atoms with Crippen molar-refractivity contribution in [2.24, 2.45) is 5.73 Å². The van der Waals surface area contributed by atoms with Crippen molar-refractivity contribution in [3.8, 4) is 11.3 Å². The minimum Gasteiger partial charge on any atom is -0.341 e. The number of nitrogens with two attached hydrogens (primary N) is 1. The van der Waals surface area contributed by atoms with Gasteiger partial charge in [-0.1, -0.05) is 31.2 Å². The van der Waals surface area contributed by atoms with E-state index in [4.69, 9.17) is 5.73 Å². The minimum atomic E-state index is -3.00. The zero-order chi connectivity index (χ0) is 15.5. The van der Waals surface area contributed by atoms with Gasteiger partial charge in [0.2, 0.25) is 0 Å². The fourth-order valence-electron chi connectivity index (χ4n) is 2.07. The molecule has 0 aliphatic heterocycles. The Morgan fingerprint density at radius 1 is 1.29 bits per heavy atom. The van der Waals surface area contributed by atoms with Crippen LogP contribution in [-0.2, 0) is 16.3 Å². The van der Waals surface area contributed by atoms with Crippen molar-refractivity contribution in [1.82, 2.24) is 9.97 Å². The molecule has 5 nitrogen and oxygen atoms in total. The molecule has 0 fully saturated rings. The Balaban J connectivity index is 2.09. The first-order valence-electron chi connectivity index (χ1n) is 6.96. The number of nitrogens with zero attached hydrogens (tertiary/aromatic N) is 1. The molecule has 1 heterocycles. The lowest BCUT2D eigenvalue weighted by molar-refractivity contribution is 0.588. The molecule has 0 amide bonds. The highest BCUT2D eigenvalue weighted by Gasteiger charge is 2.13. The van der Waals surface area contributed by atoms with E-state index in [1.807, 2.05) is 12.1 Å². The fraction of sp³-hybridized carbons (Fsp3) is 0.400. The highest BCUT2D eigenvalue weighted by Crippen LogP contribution is 2.20. The van der Waals surface area contributed by atoms with E-state index in [0.29, 0.717) is 12.2 Å². The predicted octanol–water partition coefficient (Wildman–Crippen LogP) is 2.07. The smallest absolute Gasteiger partial charge is 0.147 e. The Hall–Kier alpha value is -1.66. The summed E-state index contributed by atoms with van der Waals surface area (Å²) in [6.07, 6.45) is 4.31. The van der Waals surface area contributed by atoms with Crippen molar-refractivity contribution in [3.05, 3.63) is 41.9 Å². The highest BCUT2D eigenvalue weighted by atomic mass is 32.2. The van der Waals surface area contributed by atoms with Crippen LogP contribution < -0.4 is 5.73 Å². The largest absolute Gasteiger partial charge is 0.341 e. The maximum absolute atomic E-state index is 11.2. The summed E-state index contributed by atoms with van der Waals surface area (Å²) >= 11 is 0. The third-order valence-electron chi connectivity index (χ3n) is 3.42. The summed E-state index contributed by atoms with van der Waals surface area (Å²) in [5, 5.41) is 0. The zero-order valence-electron chi connectivity index (χ0n) is 12.3. The van der Waals surface area contributed by atoms with E-state index < -0.39 is 15.9 Å². The molecule has 114 valence electrons. The number of aromatic nitrogens is 2. The summed E-state index contributed by atoms with van der Waals surface area (Å²) in [5.74, 6) is 0.684. The van der Waals surface area contributed by atoms with Crippen molar-refractivity contribution < 1.29 is 8.42 Å². The topological polar surface area (TPSA) is 88.8 Å². The second-order valence-corrected chi connectivity index (χ2v) is 7.52. The Kier molecular flexibility index (Phi) is 4.80. The molecule has 0 saturated heterocycles. The number of rotatable bonds is 6. The van der Waals surface area contributed by atoms with Crippen LogP contribution in [0.2, 0.25) is 0 Å². The number of imidazole rings is 1. The van der Waals surface area contributed by atoms with Crippen LogP contribution in [0.3, 0.4) is 0 Å². The number of sulfone groups is 1. The van der Waals surface area contributed by atoms with Crippen LogP contribution in [0, 0.1) is 0 Å².